The van der Waals surface area contributed by atoms with E-state index in [1.807, 2.05) is 12.5 Å². The summed E-state index contributed by atoms with van der Waals surface area (Å²) in [5.74, 6) is 1.01. The van der Waals surface area contributed by atoms with Crippen LogP contribution in [0.25, 0.3) is 0 Å². The van der Waals surface area contributed by atoms with Gasteiger partial charge in [0.2, 0.25) is 0 Å². The maximum absolute atomic E-state index is 4.32. The van der Waals surface area contributed by atoms with E-state index in [1.165, 1.54) is 17.7 Å². The standard InChI is InChI=1S/C12H15N5/c1-2-10-11(3-1)15-8-16-12(10)14-5-7-17-6-4-13-9-17/h4,6,8-9H,1-3,5,7H2,(H,14,15,16). The molecule has 0 saturated heterocycles. The second-order valence-corrected chi connectivity index (χ2v) is 4.23. The largest absolute Gasteiger partial charge is 0.368 e. The molecule has 2 heterocycles. The molecule has 0 saturated carbocycles. The lowest BCUT2D eigenvalue weighted by molar-refractivity contribution is 0.724. The molecule has 2 aromatic rings. The van der Waals surface area contributed by atoms with Crippen LogP contribution in [0.1, 0.15) is 17.7 Å². The Bertz CT molecular complexity index is 492. The topological polar surface area (TPSA) is 55.6 Å². The molecular weight excluding hydrogens is 214 g/mol. The maximum Gasteiger partial charge on any atom is 0.132 e. The van der Waals surface area contributed by atoms with E-state index in [-0.39, 0.29) is 0 Å². The first-order valence-electron chi connectivity index (χ1n) is 5.96. The van der Waals surface area contributed by atoms with Crippen molar-refractivity contribution in [3.63, 3.8) is 0 Å². The molecule has 2 aromatic heterocycles. The molecule has 88 valence electrons. The van der Waals surface area contributed by atoms with Gasteiger partial charge < -0.3 is 9.88 Å². The van der Waals surface area contributed by atoms with Gasteiger partial charge >= 0.3 is 0 Å². The van der Waals surface area contributed by atoms with E-state index >= 15 is 0 Å². The molecule has 0 spiro atoms. The number of nitrogens with one attached hydrogen (secondary N) is 1. The average Bonchev–Trinajstić information content (AvgIpc) is 2.99. The van der Waals surface area contributed by atoms with Crippen LogP contribution in [0.15, 0.2) is 25.0 Å². The molecular formula is C12H15N5. The Labute approximate surface area is 99.9 Å². The predicted molar refractivity (Wildman–Crippen MR) is 64.8 cm³/mol. The Hall–Kier alpha value is -1.91. The van der Waals surface area contributed by atoms with Gasteiger partial charge in [0.25, 0.3) is 0 Å². The van der Waals surface area contributed by atoms with Crippen molar-refractivity contribution >= 4 is 5.82 Å². The van der Waals surface area contributed by atoms with Crippen LogP contribution in [0.2, 0.25) is 0 Å². The fourth-order valence-electron chi connectivity index (χ4n) is 2.23. The quantitative estimate of drug-likeness (QED) is 0.858. The van der Waals surface area contributed by atoms with Crippen molar-refractivity contribution in [3.8, 4) is 0 Å². The summed E-state index contributed by atoms with van der Waals surface area (Å²) in [5, 5.41) is 3.38. The fraction of sp³-hybridized carbons (Fsp3) is 0.417. The van der Waals surface area contributed by atoms with Crippen molar-refractivity contribution in [2.24, 2.45) is 0 Å². The van der Waals surface area contributed by atoms with E-state index in [4.69, 9.17) is 0 Å². The van der Waals surface area contributed by atoms with Gasteiger partial charge in [0.05, 0.1) is 6.33 Å². The third kappa shape index (κ3) is 2.13. The van der Waals surface area contributed by atoms with Crippen LogP contribution in [-0.4, -0.2) is 26.1 Å². The predicted octanol–water partition coefficient (Wildman–Crippen LogP) is 1.27. The van der Waals surface area contributed by atoms with Crippen molar-refractivity contribution in [2.75, 3.05) is 11.9 Å². The third-order valence-electron chi connectivity index (χ3n) is 3.10. The molecule has 0 bridgehead atoms. The van der Waals surface area contributed by atoms with Crippen LogP contribution < -0.4 is 5.32 Å². The van der Waals surface area contributed by atoms with Crippen molar-refractivity contribution in [3.05, 3.63) is 36.3 Å². The molecule has 3 rings (SSSR count). The number of rotatable bonds is 4. The maximum atomic E-state index is 4.32. The normalized spacial score (nSPS) is 13.6. The lowest BCUT2D eigenvalue weighted by atomic mass is 10.2. The highest BCUT2D eigenvalue weighted by Crippen LogP contribution is 2.24. The van der Waals surface area contributed by atoms with E-state index in [1.54, 1.807) is 12.5 Å². The molecule has 5 heteroatoms. The minimum Gasteiger partial charge on any atom is -0.368 e. The number of aromatic nitrogens is 4. The van der Waals surface area contributed by atoms with Gasteiger partial charge in [-0.1, -0.05) is 0 Å². The molecule has 0 unspecified atom stereocenters. The van der Waals surface area contributed by atoms with Crippen LogP contribution in [0.4, 0.5) is 5.82 Å². The second-order valence-electron chi connectivity index (χ2n) is 4.23. The summed E-state index contributed by atoms with van der Waals surface area (Å²) in [7, 11) is 0. The van der Waals surface area contributed by atoms with Gasteiger partial charge in [-0.2, -0.15) is 0 Å². The van der Waals surface area contributed by atoms with Crippen LogP contribution in [0.3, 0.4) is 0 Å². The molecule has 1 aliphatic rings. The Morgan fingerprint density at radius 2 is 2.29 bits per heavy atom. The number of anilines is 1. The molecule has 0 fully saturated rings. The SMILES string of the molecule is c1cn(CCNc2ncnc3c2CCC3)cn1. The average molecular weight is 229 g/mol. The monoisotopic (exact) mass is 229 g/mol. The second kappa shape index (κ2) is 4.53. The van der Waals surface area contributed by atoms with Crippen LogP contribution in [-0.2, 0) is 19.4 Å². The van der Waals surface area contributed by atoms with Crippen molar-refractivity contribution in [1.82, 2.24) is 19.5 Å². The summed E-state index contributed by atoms with van der Waals surface area (Å²) in [6.07, 6.45) is 10.6. The van der Waals surface area contributed by atoms with Gasteiger partial charge in [0.1, 0.15) is 12.1 Å². The minimum absolute atomic E-state index is 0.861. The fourth-order valence-corrected chi connectivity index (χ4v) is 2.23. The summed E-state index contributed by atoms with van der Waals surface area (Å²) < 4.78 is 2.05. The van der Waals surface area contributed by atoms with E-state index in [0.717, 1.165) is 31.7 Å². The van der Waals surface area contributed by atoms with E-state index in [2.05, 4.69) is 24.8 Å². The minimum atomic E-state index is 0.861. The van der Waals surface area contributed by atoms with E-state index < -0.39 is 0 Å². The molecule has 0 radical (unpaired) electrons. The highest BCUT2D eigenvalue weighted by atomic mass is 15.1. The van der Waals surface area contributed by atoms with Crippen molar-refractivity contribution < 1.29 is 0 Å². The van der Waals surface area contributed by atoms with Gasteiger partial charge in [-0.25, -0.2) is 15.0 Å². The zero-order valence-electron chi connectivity index (χ0n) is 9.63. The highest BCUT2D eigenvalue weighted by Gasteiger charge is 2.16. The van der Waals surface area contributed by atoms with Gasteiger partial charge in [-0.15, -0.1) is 0 Å². The first kappa shape index (κ1) is 10.3. The number of hydrogen-bond acceptors (Lipinski definition) is 4. The van der Waals surface area contributed by atoms with Gasteiger partial charge in [-0.05, 0) is 19.3 Å². The number of imidazole rings is 1. The molecule has 0 aliphatic heterocycles. The molecule has 17 heavy (non-hydrogen) atoms. The summed E-state index contributed by atoms with van der Waals surface area (Å²) in [5.41, 5.74) is 2.52. The van der Waals surface area contributed by atoms with E-state index in [9.17, 15) is 0 Å². The molecule has 0 aromatic carbocycles. The first-order valence-corrected chi connectivity index (χ1v) is 5.96. The van der Waals surface area contributed by atoms with Crippen molar-refractivity contribution in [1.29, 1.82) is 0 Å². The van der Waals surface area contributed by atoms with E-state index in [0.29, 0.717) is 0 Å². The summed E-state index contributed by atoms with van der Waals surface area (Å²) in [6.45, 7) is 1.76. The summed E-state index contributed by atoms with van der Waals surface area (Å²) in [6, 6.07) is 0. The first-order chi connectivity index (χ1) is 8.43. The van der Waals surface area contributed by atoms with Gasteiger partial charge in [0.15, 0.2) is 0 Å². The van der Waals surface area contributed by atoms with Crippen LogP contribution >= 0.6 is 0 Å². The Balaban J connectivity index is 1.64. The number of aryl methyl sites for hydroxylation is 1. The number of fused-ring (bicyclic) bond motifs is 1. The van der Waals surface area contributed by atoms with Gasteiger partial charge in [0, 0.05) is 36.7 Å². The Morgan fingerprint density at radius 3 is 3.18 bits per heavy atom. The Morgan fingerprint density at radius 1 is 1.29 bits per heavy atom. The summed E-state index contributed by atoms with van der Waals surface area (Å²) >= 11 is 0. The number of hydrogen-bond donors (Lipinski definition) is 1. The van der Waals surface area contributed by atoms with Gasteiger partial charge in [-0.3, -0.25) is 0 Å². The van der Waals surface area contributed by atoms with Crippen LogP contribution in [0, 0.1) is 0 Å². The molecule has 0 atom stereocenters. The molecule has 1 aliphatic carbocycles. The third-order valence-corrected chi connectivity index (χ3v) is 3.10. The lowest BCUT2D eigenvalue weighted by Crippen LogP contribution is -2.12. The summed E-state index contributed by atoms with van der Waals surface area (Å²) in [4.78, 5) is 12.6. The zero-order chi connectivity index (χ0) is 11.5. The molecule has 0 amide bonds. The zero-order valence-corrected chi connectivity index (χ0v) is 9.63. The van der Waals surface area contributed by atoms with Crippen molar-refractivity contribution in [2.45, 2.75) is 25.8 Å². The molecule has 1 N–H and O–H groups in total. The highest BCUT2D eigenvalue weighted by molar-refractivity contribution is 5.47. The molecule has 5 nitrogen and oxygen atoms in total. The number of nitrogens with zero attached hydrogens (tertiary/aromatic N) is 4. The Kier molecular flexibility index (Phi) is 2.73. The van der Waals surface area contributed by atoms with Crippen LogP contribution in [0.5, 0.6) is 0 Å². The lowest BCUT2D eigenvalue weighted by Gasteiger charge is -2.09. The smallest absolute Gasteiger partial charge is 0.132 e.